The average Bonchev–Trinajstić information content (AvgIpc) is 2.61. The molecule has 3 rings (SSSR count). The third kappa shape index (κ3) is 4.50. The number of hydrogen-bond donors (Lipinski definition) is 0. The predicted octanol–water partition coefficient (Wildman–Crippen LogP) is 4.98. The minimum Gasteiger partial charge on any atom is -0.463 e. The second kappa shape index (κ2) is 8.42. The Morgan fingerprint density at radius 2 is 1.36 bits per heavy atom. The van der Waals surface area contributed by atoms with Crippen molar-refractivity contribution >= 4 is 33.5 Å². The molecular formula is C24H26O4. The van der Waals surface area contributed by atoms with Gasteiger partial charge in [0.1, 0.15) is 12.2 Å². The van der Waals surface area contributed by atoms with Crippen molar-refractivity contribution in [1.82, 2.24) is 0 Å². The molecule has 2 atom stereocenters. The third-order valence-electron chi connectivity index (χ3n) is 4.87. The van der Waals surface area contributed by atoms with Crippen LogP contribution in [0.15, 0.2) is 48.5 Å². The van der Waals surface area contributed by atoms with Crippen molar-refractivity contribution in [1.29, 1.82) is 0 Å². The summed E-state index contributed by atoms with van der Waals surface area (Å²) in [5, 5.41) is 4.70. The van der Waals surface area contributed by atoms with Crippen LogP contribution in [0, 0.1) is 0 Å². The molecule has 0 spiro atoms. The summed E-state index contributed by atoms with van der Waals surface area (Å²) in [4.78, 5) is 22.7. The van der Waals surface area contributed by atoms with Crippen molar-refractivity contribution in [2.45, 2.75) is 52.7 Å². The van der Waals surface area contributed by atoms with Crippen LogP contribution in [0.25, 0.3) is 21.5 Å². The van der Waals surface area contributed by atoms with Gasteiger partial charge in [0.15, 0.2) is 0 Å². The topological polar surface area (TPSA) is 52.6 Å². The van der Waals surface area contributed by atoms with Gasteiger partial charge in [-0.25, -0.2) is 0 Å². The molecular weight excluding hydrogens is 352 g/mol. The van der Waals surface area contributed by atoms with Crippen LogP contribution in [0.3, 0.4) is 0 Å². The van der Waals surface area contributed by atoms with Crippen LogP contribution < -0.4 is 0 Å². The quantitative estimate of drug-likeness (QED) is 0.448. The molecule has 28 heavy (non-hydrogen) atoms. The van der Waals surface area contributed by atoms with Crippen molar-refractivity contribution in [3.63, 3.8) is 0 Å². The van der Waals surface area contributed by atoms with Crippen molar-refractivity contribution < 1.29 is 19.1 Å². The first-order valence-corrected chi connectivity index (χ1v) is 9.61. The van der Waals surface area contributed by atoms with E-state index in [4.69, 9.17) is 9.47 Å². The predicted molar refractivity (Wildman–Crippen MR) is 111 cm³/mol. The number of benzene rings is 3. The molecule has 4 heteroatoms. The number of carbonyl (C=O) groups excluding carboxylic acids is 2. The van der Waals surface area contributed by atoms with Gasteiger partial charge in [-0.05, 0) is 46.5 Å². The molecule has 0 aliphatic rings. The summed E-state index contributed by atoms with van der Waals surface area (Å²) in [6.45, 7) is 6.65. The SMILES string of the molecule is CC(=O)OC(C)Cc1ccc2c(ccc3ccccc32)c1CC(C)OC(C)=O. The highest BCUT2D eigenvalue weighted by Gasteiger charge is 2.17. The highest BCUT2D eigenvalue weighted by molar-refractivity contribution is 6.08. The fourth-order valence-corrected chi connectivity index (χ4v) is 3.88. The number of rotatable bonds is 6. The van der Waals surface area contributed by atoms with E-state index in [0.717, 1.165) is 16.5 Å². The van der Waals surface area contributed by atoms with E-state index in [1.165, 1.54) is 30.0 Å². The molecule has 0 aliphatic heterocycles. The zero-order chi connectivity index (χ0) is 20.3. The van der Waals surface area contributed by atoms with E-state index in [9.17, 15) is 9.59 Å². The van der Waals surface area contributed by atoms with Crippen molar-refractivity contribution in [3.8, 4) is 0 Å². The van der Waals surface area contributed by atoms with Crippen LogP contribution in [0.4, 0.5) is 0 Å². The number of carbonyl (C=O) groups is 2. The lowest BCUT2D eigenvalue weighted by atomic mass is 9.90. The van der Waals surface area contributed by atoms with Crippen LogP contribution in [0.1, 0.15) is 38.8 Å². The van der Waals surface area contributed by atoms with E-state index in [0.29, 0.717) is 12.8 Å². The molecule has 0 fully saturated rings. The highest BCUT2D eigenvalue weighted by atomic mass is 16.5. The fourth-order valence-electron chi connectivity index (χ4n) is 3.88. The zero-order valence-electron chi connectivity index (χ0n) is 16.8. The highest BCUT2D eigenvalue weighted by Crippen LogP contribution is 2.31. The Balaban J connectivity index is 2.10. The van der Waals surface area contributed by atoms with E-state index >= 15 is 0 Å². The minimum absolute atomic E-state index is 0.224. The minimum atomic E-state index is -0.284. The van der Waals surface area contributed by atoms with Gasteiger partial charge in [0.2, 0.25) is 0 Å². The van der Waals surface area contributed by atoms with Gasteiger partial charge >= 0.3 is 11.9 Å². The molecule has 2 unspecified atom stereocenters. The lowest BCUT2D eigenvalue weighted by Gasteiger charge is -2.20. The van der Waals surface area contributed by atoms with Crippen molar-refractivity contribution in [2.24, 2.45) is 0 Å². The number of fused-ring (bicyclic) bond motifs is 3. The molecule has 0 saturated heterocycles. The molecule has 0 heterocycles. The normalized spacial score (nSPS) is 13.3. The lowest BCUT2D eigenvalue weighted by molar-refractivity contribution is -0.146. The maximum atomic E-state index is 11.4. The van der Waals surface area contributed by atoms with Gasteiger partial charge in [-0.15, -0.1) is 0 Å². The number of ether oxygens (including phenoxy) is 2. The summed E-state index contributed by atoms with van der Waals surface area (Å²) in [6.07, 6.45) is 0.762. The lowest BCUT2D eigenvalue weighted by Crippen LogP contribution is -2.19. The monoisotopic (exact) mass is 378 g/mol. The van der Waals surface area contributed by atoms with E-state index in [2.05, 4.69) is 36.4 Å². The molecule has 0 radical (unpaired) electrons. The second-order valence-corrected chi connectivity index (χ2v) is 7.33. The summed E-state index contributed by atoms with van der Waals surface area (Å²) < 4.78 is 10.7. The second-order valence-electron chi connectivity index (χ2n) is 7.33. The van der Waals surface area contributed by atoms with Gasteiger partial charge < -0.3 is 9.47 Å². The van der Waals surface area contributed by atoms with Gasteiger partial charge in [0.05, 0.1) is 0 Å². The van der Waals surface area contributed by atoms with Crippen LogP contribution in [0.2, 0.25) is 0 Å². The largest absolute Gasteiger partial charge is 0.463 e. The molecule has 4 nitrogen and oxygen atoms in total. The molecule has 146 valence electrons. The van der Waals surface area contributed by atoms with Crippen LogP contribution in [0.5, 0.6) is 0 Å². The fraction of sp³-hybridized carbons (Fsp3) is 0.333. The average molecular weight is 378 g/mol. The van der Waals surface area contributed by atoms with Crippen molar-refractivity contribution in [2.75, 3.05) is 0 Å². The Morgan fingerprint density at radius 3 is 2.04 bits per heavy atom. The first-order valence-electron chi connectivity index (χ1n) is 9.61. The van der Waals surface area contributed by atoms with E-state index in [1.54, 1.807) is 0 Å². The summed E-state index contributed by atoms with van der Waals surface area (Å²) in [5.74, 6) is -0.567. The van der Waals surface area contributed by atoms with Crippen LogP contribution in [-0.2, 0) is 31.9 Å². The number of esters is 2. The number of hydrogen-bond acceptors (Lipinski definition) is 4. The first kappa shape index (κ1) is 19.9. The zero-order valence-corrected chi connectivity index (χ0v) is 16.8. The summed E-state index contributed by atoms with van der Waals surface area (Å²) in [5.41, 5.74) is 2.24. The van der Waals surface area contributed by atoms with E-state index in [-0.39, 0.29) is 24.1 Å². The maximum absolute atomic E-state index is 11.4. The van der Waals surface area contributed by atoms with Gasteiger partial charge in [0.25, 0.3) is 0 Å². The van der Waals surface area contributed by atoms with Gasteiger partial charge in [-0.1, -0.05) is 48.5 Å². The van der Waals surface area contributed by atoms with Gasteiger partial charge in [-0.2, -0.15) is 0 Å². The van der Waals surface area contributed by atoms with E-state index < -0.39 is 0 Å². The van der Waals surface area contributed by atoms with Crippen LogP contribution >= 0.6 is 0 Å². The Kier molecular flexibility index (Phi) is 5.98. The maximum Gasteiger partial charge on any atom is 0.302 e. The summed E-state index contributed by atoms with van der Waals surface area (Å²) >= 11 is 0. The first-order chi connectivity index (χ1) is 13.3. The third-order valence-corrected chi connectivity index (χ3v) is 4.87. The molecule has 0 aliphatic carbocycles. The molecule has 0 aromatic heterocycles. The molecule has 3 aromatic carbocycles. The smallest absolute Gasteiger partial charge is 0.302 e. The van der Waals surface area contributed by atoms with Gasteiger partial charge in [0, 0.05) is 26.7 Å². The molecule has 3 aromatic rings. The molecule has 0 saturated carbocycles. The Hall–Kier alpha value is -2.88. The van der Waals surface area contributed by atoms with E-state index in [1.807, 2.05) is 26.0 Å². The summed E-state index contributed by atoms with van der Waals surface area (Å²) in [6, 6.07) is 16.8. The Morgan fingerprint density at radius 1 is 0.750 bits per heavy atom. The molecule has 0 amide bonds. The van der Waals surface area contributed by atoms with Crippen LogP contribution in [-0.4, -0.2) is 24.1 Å². The summed E-state index contributed by atoms with van der Waals surface area (Å²) in [7, 11) is 0. The Labute approximate surface area is 165 Å². The van der Waals surface area contributed by atoms with Gasteiger partial charge in [-0.3, -0.25) is 9.59 Å². The standard InChI is InChI=1S/C24H26O4/c1-15(27-17(3)25)13-20-10-12-22-21-8-6-5-7-19(21)9-11-23(22)24(20)14-16(2)28-18(4)26/h5-12,15-16H,13-14H2,1-4H3. The van der Waals surface area contributed by atoms with Crippen molar-refractivity contribution in [3.05, 3.63) is 59.7 Å². The molecule has 0 bridgehead atoms. The Bertz CT molecular complexity index is 1020. The molecule has 0 N–H and O–H groups in total.